The number of hydrogen-bond donors (Lipinski definition) is 2. The summed E-state index contributed by atoms with van der Waals surface area (Å²) in [5.41, 5.74) is 0. The Morgan fingerprint density at radius 3 is 2.60 bits per heavy atom. The summed E-state index contributed by atoms with van der Waals surface area (Å²) in [7, 11) is 0. The minimum Gasteiger partial charge on any atom is -0.480 e. The maximum absolute atomic E-state index is 12.0. The maximum atomic E-state index is 12.0. The van der Waals surface area contributed by atoms with E-state index < -0.39 is 5.97 Å². The zero-order valence-electron chi connectivity index (χ0n) is 12.0. The molecule has 1 aliphatic rings. The first-order valence-electron chi connectivity index (χ1n) is 6.99. The SMILES string of the molecule is C#CCN(CC(=O)O)C(=O)NC1CCN(CCC)CC1. The number of likely N-dealkylation sites (tertiary alicyclic amines) is 1. The summed E-state index contributed by atoms with van der Waals surface area (Å²) in [4.78, 5) is 26.2. The molecule has 0 aromatic rings. The highest BCUT2D eigenvalue weighted by Gasteiger charge is 2.23. The molecule has 2 N–H and O–H groups in total. The molecule has 112 valence electrons. The zero-order chi connectivity index (χ0) is 15.0. The predicted octanol–water partition coefficient (Wildman–Crippen LogP) is 0.590. The lowest BCUT2D eigenvalue weighted by atomic mass is 10.1. The van der Waals surface area contributed by atoms with Crippen LogP contribution in [0.1, 0.15) is 26.2 Å². The summed E-state index contributed by atoms with van der Waals surface area (Å²) in [6.07, 6.45) is 8.07. The Morgan fingerprint density at radius 2 is 2.10 bits per heavy atom. The molecule has 1 heterocycles. The number of amides is 2. The van der Waals surface area contributed by atoms with Crippen LogP contribution in [0.4, 0.5) is 4.79 Å². The van der Waals surface area contributed by atoms with Gasteiger partial charge in [-0.05, 0) is 25.8 Å². The van der Waals surface area contributed by atoms with Crippen molar-refractivity contribution in [3.63, 3.8) is 0 Å². The minimum absolute atomic E-state index is 0.00676. The Kier molecular flexibility index (Phi) is 6.88. The van der Waals surface area contributed by atoms with E-state index in [9.17, 15) is 9.59 Å². The lowest BCUT2D eigenvalue weighted by Gasteiger charge is -2.33. The Morgan fingerprint density at radius 1 is 1.45 bits per heavy atom. The first-order valence-corrected chi connectivity index (χ1v) is 6.99. The molecule has 20 heavy (non-hydrogen) atoms. The molecule has 0 spiro atoms. The second-order valence-corrected chi connectivity index (χ2v) is 5.02. The smallest absolute Gasteiger partial charge is 0.323 e. The first-order chi connectivity index (χ1) is 9.56. The van der Waals surface area contributed by atoms with Crippen LogP contribution in [0.25, 0.3) is 0 Å². The van der Waals surface area contributed by atoms with Crippen LogP contribution in [0.3, 0.4) is 0 Å². The van der Waals surface area contributed by atoms with Gasteiger partial charge >= 0.3 is 12.0 Å². The van der Waals surface area contributed by atoms with Gasteiger partial charge in [0, 0.05) is 19.1 Å². The third kappa shape index (κ3) is 5.49. The van der Waals surface area contributed by atoms with Crippen LogP contribution in [0, 0.1) is 12.3 Å². The highest BCUT2D eigenvalue weighted by molar-refractivity contribution is 5.80. The summed E-state index contributed by atoms with van der Waals surface area (Å²) in [5, 5.41) is 11.6. The van der Waals surface area contributed by atoms with Crippen molar-refractivity contribution in [3.05, 3.63) is 0 Å². The van der Waals surface area contributed by atoms with Gasteiger partial charge in [0.25, 0.3) is 0 Å². The normalized spacial score (nSPS) is 16.4. The average molecular weight is 281 g/mol. The average Bonchev–Trinajstić information content (AvgIpc) is 2.40. The molecular formula is C14H23N3O3. The summed E-state index contributed by atoms with van der Waals surface area (Å²) in [5.74, 6) is 1.25. The molecule has 1 aliphatic heterocycles. The Hall–Kier alpha value is -1.74. The summed E-state index contributed by atoms with van der Waals surface area (Å²) < 4.78 is 0. The number of carboxylic acids is 1. The highest BCUT2D eigenvalue weighted by atomic mass is 16.4. The molecule has 6 heteroatoms. The van der Waals surface area contributed by atoms with Crippen molar-refractivity contribution in [2.45, 2.75) is 32.2 Å². The molecule has 1 fully saturated rings. The van der Waals surface area contributed by atoms with Crippen molar-refractivity contribution in [1.29, 1.82) is 0 Å². The molecule has 2 amide bonds. The second-order valence-electron chi connectivity index (χ2n) is 5.02. The van der Waals surface area contributed by atoms with Gasteiger partial charge in [-0.1, -0.05) is 12.8 Å². The predicted molar refractivity (Wildman–Crippen MR) is 76.3 cm³/mol. The van der Waals surface area contributed by atoms with Crippen molar-refractivity contribution in [3.8, 4) is 12.3 Å². The van der Waals surface area contributed by atoms with Gasteiger partial charge in [0.2, 0.25) is 0 Å². The molecule has 0 bridgehead atoms. The molecule has 1 saturated heterocycles. The Labute approximate surface area is 120 Å². The van der Waals surface area contributed by atoms with Crippen molar-refractivity contribution < 1.29 is 14.7 Å². The van der Waals surface area contributed by atoms with Crippen molar-refractivity contribution >= 4 is 12.0 Å². The van der Waals surface area contributed by atoms with E-state index >= 15 is 0 Å². The Balaban J connectivity index is 2.41. The number of piperidine rings is 1. The van der Waals surface area contributed by atoms with E-state index in [2.05, 4.69) is 23.1 Å². The number of carbonyl (C=O) groups excluding carboxylic acids is 1. The molecule has 0 aliphatic carbocycles. The van der Waals surface area contributed by atoms with Gasteiger partial charge in [-0.2, -0.15) is 0 Å². The molecule has 0 radical (unpaired) electrons. The number of nitrogens with zero attached hydrogens (tertiary/aromatic N) is 2. The largest absolute Gasteiger partial charge is 0.480 e. The van der Waals surface area contributed by atoms with Gasteiger partial charge in [-0.15, -0.1) is 6.42 Å². The lowest BCUT2D eigenvalue weighted by molar-refractivity contribution is -0.137. The molecule has 0 saturated carbocycles. The van der Waals surface area contributed by atoms with Gasteiger partial charge in [-0.3, -0.25) is 4.79 Å². The van der Waals surface area contributed by atoms with Crippen molar-refractivity contribution in [1.82, 2.24) is 15.1 Å². The number of aliphatic carboxylic acids is 1. The highest BCUT2D eigenvalue weighted by Crippen LogP contribution is 2.11. The quantitative estimate of drug-likeness (QED) is 0.699. The number of rotatable bonds is 6. The standard InChI is InChI=1S/C14H23N3O3/c1-3-7-16-9-5-12(6-10-16)15-14(20)17(8-4-2)11-13(18)19/h2,12H,3,5-11H2,1H3,(H,15,20)(H,18,19). The monoisotopic (exact) mass is 281 g/mol. The summed E-state index contributed by atoms with van der Waals surface area (Å²) >= 11 is 0. The first kappa shape index (κ1) is 16.3. The van der Waals surface area contributed by atoms with Gasteiger partial charge < -0.3 is 20.2 Å². The van der Waals surface area contributed by atoms with Crippen molar-refractivity contribution in [2.24, 2.45) is 0 Å². The topological polar surface area (TPSA) is 72.9 Å². The fraction of sp³-hybridized carbons (Fsp3) is 0.714. The van der Waals surface area contributed by atoms with E-state index in [1.807, 2.05) is 0 Å². The number of nitrogens with one attached hydrogen (secondary N) is 1. The molecular weight excluding hydrogens is 258 g/mol. The van der Waals surface area contributed by atoms with E-state index in [0.29, 0.717) is 0 Å². The van der Waals surface area contributed by atoms with Gasteiger partial charge in [0.05, 0.1) is 6.54 Å². The third-order valence-corrected chi connectivity index (χ3v) is 3.35. The Bertz CT molecular complexity index is 370. The van der Waals surface area contributed by atoms with Crippen LogP contribution in [-0.2, 0) is 4.79 Å². The summed E-state index contributed by atoms with van der Waals surface area (Å²) in [6.45, 7) is 4.80. The van der Waals surface area contributed by atoms with E-state index in [1.165, 1.54) is 0 Å². The van der Waals surface area contributed by atoms with E-state index in [-0.39, 0.29) is 25.2 Å². The molecule has 0 atom stereocenters. The van der Waals surface area contributed by atoms with E-state index in [0.717, 1.165) is 43.8 Å². The number of terminal acetylenes is 1. The molecule has 0 aromatic heterocycles. The van der Waals surface area contributed by atoms with Gasteiger partial charge in [0.15, 0.2) is 0 Å². The number of urea groups is 1. The maximum Gasteiger partial charge on any atom is 0.323 e. The number of carboxylic acid groups (broad SMARTS) is 1. The molecule has 0 aromatic carbocycles. The summed E-state index contributed by atoms with van der Waals surface area (Å²) in [6, 6.07) is -0.288. The fourth-order valence-corrected chi connectivity index (χ4v) is 2.36. The molecule has 1 rings (SSSR count). The van der Waals surface area contributed by atoms with Gasteiger partial charge in [0.1, 0.15) is 6.54 Å². The van der Waals surface area contributed by atoms with Gasteiger partial charge in [-0.25, -0.2) is 4.79 Å². The molecule has 6 nitrogen and oxygen atoms in total. The van der Waals surface area contributed by atoms with Crippen LogP contribution in [-0.4, -0.2) is 65.7 Å². The second kappa shape index (κ2) is 8.43. The van der Waals surface area contributed by atoms with E-state index in [4.69, 9.17) is 11.5 Å². The van der Waals surface area contributed by atoms with Crippen LogP contribution >= 0.6 is 0 Å². The van der Waals surface area contributed by atoms with Crippen LogP contribution in [0.5, 0.6) is 0 Å². The molecule has 0 unspecified atom stereocenters. The van der Waals surface area contributed by atoms with E-state index in [1.54, 1.807) is 0 Å². The zero-order valence-corrected chi connectivity index (χ0v) is 12.0. The van der Waals surface area contributed by atoms with Crippen LogP contribution in [0.15, 0.2) is 0 Å². The number of carbonyl (C=O) groups is 2. The third-order valence-electron chi connectivity index (χ3n) is 3.35. The number of hydrogen-bond acceptors (Lipinski definition) is 3. The van der Waals surface area contributed by atoms with Crippen molar-refractivity contribution in [2.75, 3.05) is 32.7 Å². The lowest BCUT2D eigenvalue weighted by Crippen LogP contribution is -2.50. The van der Waals surface area contributed by atoms with Crippen LogP contribution in [0.2, 0.25) is 0 Å². The fourth-order valence-electron chi connectivity index (χ4n) is 2.36. The minimum atomic E-state index is -1.06. The van der Waals surface area contributed by atoms with Crippen LogP contribution < -0.4 is 5.32 Å².